The summed E-state index contributed by atoms with van der Waals surface area (Å²) in [7, 11) is 3.83. The summed E-state index contributed by atoms with van der Waals surface area (Å²) in [6, 6.07) is 14.4. The number of aliphatic hydroxyl groups is 1. The van der Waals surface area contributed by atoms with Crippen molar-refractivity contribution in [2.75, 3.05) is 20.7 Å². The number of likely N-dealkylation sites (N-methyl/N-ethyl adjacent to an activating group) is 1. The molecule has 142 valence electrons. The van der Waals surface area contributed by atoms with Gasteiger partial charge >= 0.3 is 0 Å². The van der Waals surface area contributed by atoms with Crippen molar-refractivity contribution in [1.29, 1.82) is 0 Å². The van der Waals surface area contributed by atoms with E-state index in [1.165, 1.54) is 27.7 Å². The Kier molecular flexibility index (Phi) is 4.49. The van der Waals surface area contributed by atoms with Gasteiger partial charge in [-0.1, -0.05) is 23.8 Å². The molecule has 0 saturated carbocycles. The standard InChI is InChI=1S/C23H28N2O2/c1-16-5-10-21-19(13-16)20-14-24(3)12-11-22(20)25(21)15-23(2,26)17-6-8-18(27-4)9-7-17/h5-10,13,26H,11-12,14-15H2,1-4H3/t23-/m1/s1. The van der Waals surface area contributed by atoms with Crippen LogP contribution in [0, 0.1) is 6.92 Å². The van der Waals surface area contributed by atoms with Crippen LogP contribution in [0.3, 0.4) is 0 Å². The third-order valence-electron chi connectivity index (χ3n) is 5.78. The SMILES string of the molecule is COc1ccc([C@](C)(O)Cn2c3c(c4cc(C)ccc42)CN(C)CC3)cc1. The minimum Gasteiger partial charge on any atom is -0.497 e. The summed E-state index contributed by atoms with van der Waals surface area (Å²) in [4.78, 5) is 2.37. The van der Waals surface area contributed by atoms with Crippen molar-refractivity contribution >= 4 is 10.9 Å². The first-order valence-corrected chi connectivity index (χ1v) is 9.55. The highest BCUT2D eigenvalue weighted by atomic mass is 16.5. The van der Waals surface area contributed by atoms with Crippen LogP contribution < -0.4 is 4.74 Å². The summed E-state index contributed by atoms with van der Waals surface area (Å²) in [5, 5.41) is 12.6. The third kappa shape index (κ3) is 3.24. The highest BCUT2D eigenvalue weighted by molar-refractivity contribution is 5.86. The van der Waals surface area contributed by atoms with E-state index in [0.717, 1.165) is 30.8 Å². The van der Waals surface area contributed by atoms with Gasteiger partial charge in [0.25, 0.3) is 0 Å². The molecule has 1 aliphatic heterocycles. The number of fused-ring (bicyclic) bond motifs is 3. The molecule has 0 fully saturated rings. The Balaban J connectivity index is 1.79. The molecule has 1 aliphatic rings. The summed E-state index contributed by atoms with van der Waals surface area (Å²) in [6.45, 7) is 6.59. The average Bonchev–Trinajstić information content (AvgIpc) is 2.94. The predicted octanol–water partition coefficient (Wildman–Crippen LogP) is 3.85. The number of aromatic nitrogens is 1. The van der Waals surface area contributed by atoms with Gasteiger partial charge < -0.3 is 19.3 Å². The summed E-state index contributed by atoms with van der Waals surface area (Å²) in [5.74, 6) is 0.803. The molecule has 1 atom stereocenters. The lowest BCUT2D eigenvalue weighted by molar-refractivity contribution is 0.0384. The number of ether oxygens (including phenoxy) is 1. The minimum absolute atomic E-state index is 0.540. The van der Waals surface area contributed by atoms with Crippen LogP contribution in [0.1, 0.15) is 29.3 Å². The van der Waals surface area contributed by atoms with Crippen molar-refractivity contribution < 1.29 is 9.84 Å². The first-order valence-electron chi connectivity index (χ1n) is 9.55. The number of nitrogens with zero attached hydrogens (tertiary/aromatic N) is 2. The zero-order valence-electron chi connectivity index (χ0n) is 16.6. The maximum Gasteiger partial charge on any atom is 0.118 e. The molecule has 0 amide bonds. The molecule has 0 aliphatic carbocycles. The second-order valence-corrected chi connectivity index (χ2v) is 8.02. The van der Waals surface area contributed by atoms with Gasteiger partial charge in [0, 0.05) is 36.1 Å². The van der Waals surface area contributed by atoms with Gasteiger partial charge in [0.15, 0.2) is 0 Å². The van der Waals surface area contributed by atoms with Gasteiger partial charge in [0.2, 0.25) is 0 Å². The largest absolute Gasteiger partial charge is 0.497 e. The normalized spacial score (nSPS) is 16.9. The average molecular weight is 364 g/mol. The molecule has 27 heavy (non-hydrogen) atoms. The number of methoxy groups -OCH3 is 1. The fourth-order valence-electron chi connectivity index (χ4n) is 4.23. The van der Waals surface area contributed by atoms with E-state index < -0.39 is 5.60 Å². The van der Waals surface area contributed by atoms with Crippen molar-refractivity contribution in [3.63, 3.8) is 0 Å². The van der Waals surface area contributed by atoms with Crippen molar-refractivity contribution in [2.24, 2.45) is 0 Å². The lowest BCUT2D eigenvalue weighted by Crippen LogP contribution is -2.31. The number of aryl methyl sites for hydroxylation is 1. The van der Waals surface area contributed by atoms with Crippen LogP contribution >= 0.6 is 0 Å². The quantitative estimate of drug-likeness (QED) is 0.764. The summed E-state index contributed by atoms with van der Waals surface area (Å²) in [5.41, 5.74) is 5.21. The van der Waals surface area contributed by atoms with E-state index in [4.69, 9.17) is 4.74 Å². The molecule has 3 aromatic rings. The second-order valence-electron chi connectivity index (χ2n) is 8.02. The molecule has 0 bridgehead atoms. The van der Waals surface area contributed by atoms with E-state index in [0.29, 0.717) is 6.54 Å². The number of rotatable bonds is 4. The smallest absolute Gasteiger partial charge is 0.118 e. The van der Waals surface area contributed by atoms with Crippen LogP contribution in [0.5, 0.6) is 5.75 Å². The molecule has 1 N–H and O–H groups in total. The molecule has 0 spiro atoms. The van der Waals surface area contributed by atoms with Crippen LogP contribution in [0.25, 0.3) is 10.9 Å². The summed E-state index contributed by atoms with van der Waals surface area (Å²) >= 11 is 0. The van der Waals surface area contributed by atoms with E-state index in [9.17, 15) is 5.11 Å². The van der Waals surface area contributed by atoms with Crippen LogP contribution in [0.15, 0.2) is 42.5 Å². The minimum atomic E-state index is -0.958. The first-order chi connectivity index (χ1) is 12.9. The lowest BCUT2D eigenvalue weighted by Gasteiger charge is -2.29. The Morgan fingerprint density at radius 1 is 1.15 bits per heavy atom. The highest BCUT2D eigenvalue weighted by Crippen LogP contribution is 2.34. The van der Waals surface area contributed by atoms with E-state index in [-0.39, 0.29) is 0 Å². The molecule has 0 unspecified atom stereocenters. The topological polar surface area (TPSA) is 37.6 Å². The van der Waals surface area contributed by atoms with Gasteiger partial charge in [-0.25, -0.2) is 0 Å². The fourth-order valence-corrected chi connectivity index (χ4v) is 4.23. The van der Waals surface area contributed by atoms with Crippen LogP contribution in [0.4, 0.5) is 0 Å². The Labute approximate surface area is 161 Å². The van der Waals surface area contributed by atoms with Crippen LogP contribution in [-0.2, 0) is 25.1 Å². The maximum absolute atomic E-state index is 11.3. The molecule has 2 aromatic carbocycles. The van der Waals surface area contributed by atoms with E-state index in [1.807, 2.05) is 31.2 Å². The fraction of sp³-hybridized carbons (Fsp3) is 0.391. The van der Waals surface area contributed by atoms with Gasteiger partial charge in [-0.3, -0.25) is 0 Å². The third-order valence-corrected chi connectivity index (χ3v) is 5.78. The van der Waals surface area contributed by atoms with Gasteiger partial charge in [-0.15, -0.1) is 0 Å². The second kappa shape index (κ2) is 6.70. The Morgan fingerprint density at radius 2 is 1.89 bits per heavy atom. The Morgan fingerprint density at radius 3 is 2.59 bits per heavy atom. The van der Waals surface area contributed by atoms with Crippen LogP contribution in [0.2, 0.25) is 0 Å². The molecule has 1 aromatic heterocycles. The summed E-state index contributed by atoms with van der Waals surface area (Å²) in [6.07, 6.45) is 1.01. The van der Waals surface area contributed by atoms with Crippen molar-refractivity contribution in [1.82, 2.24) is 9.47 Å². The molecule has 0 saturated heterocycles. The zero-order valence-corrected chi connectivity index (χ0v) is 16.6. The van der Waals surface area contributed by atoms with Gasteiger partial charge in [0.05, 0.1) is 13.7 Å². The molecule has 4 rings (SSSR count). The van der Waals surface area contributed by atoms with Crippen LogP contribution in [-0.4, -0.2) is 35.3 Å². The lowest BCUT2D eigenvalue weighted by atomic mass is 9.95. The molecular formula is C23H28N2O2. The van der Waals surface area contributed by atoms with Gasteiger partial charge in [-0.2, -0.15) is 0 Å². The Bertz CT molecular complexity index is 970. The van der Waals surface area contributed by atoms with E-state index in [2.05, 4.69) is 41.6 Å². The van der Waals surface area contributed by atoms with E-state index >= 15 is 0 Å². The predicted molar refractivity (Wildman–Crippen MR) is 109 cm³/mol. The van der Waals surface area contributed by atoms with Crippen molar-refractivity contribution in [2.45, 2.75) is 39.0 Å². The molecular weight excluding hydrogens is 336 g/mol. The molecule has 0 radical (unpaired) electrons. The number of hydrogen-bond donors (Lipinski definition) is 1. The Hall–Kier alpha value is -2.30. The summed E-state index contributed by atoms with van der Waals surface area (Å²) < 4.78 is 7.58. The number of hydrogen-bond acceptors (Lipinski definition) is 3. The monoisotopic (exact) mass is 364 g/mol. The van der Waals surface area contributed by atoms with Gasteiger partial charge in [0.1, 0.15) is 11.4 Å². The zero-order chi connectivity index (χ0) is 19.2. The van der Waals surface area contributed by atoms with Crippen molar-refractivity contribution in [3.05, 3.63) is 64.8 Å². The molecule has 2 heterocycles. The number of benzene rings is 2. The highest BCUT2D eigenvalue weighted by Gasteiger charge is 2.29. The maximum atomic E-state index is 11.3. The molecule has 4 heteroatoms. The van der Waals surface area contributed by atoms with Gasteiger partial charge in [-0.05, 0) is 56.3 Å². The first kappa shape index (κ1) is 18.1. The van der Waals surface area contributed by atoms with E-state index in [1.54, 1.807) is 7.11 Å². The molecule has 4 nitrogen and oxygen atoms in total. The van der Waals surface area contributed by atoms with Crippen molar-refractivity contribution in [3.8, 4) is 5.75 Å².